The highest BCUT2D eigenvalue weighted by Crippen LogP contribution is 2.26. The number of carbonyl (C=O) groups is 2. The summed E-state index contributed by atoms with van der Waals surface area (Å²) < 4.78 is 21.4. The molecule has 12 heteroatoms. The van der Waals surface area contributed by atoms with Crippen molar-refractivity contribution >= 4 is 28.7 Å². The molecule has 4 rings (SSSR count). The molecule has 1 unspecified atom stereocenters. The Morgan fingerprint density at radius 1 is 1.23 bits per heavy atom. The number of hydrogen-bond donors (Lipinski definition) is 3. The molecule has 4 heterocycles. The number of likely N-dealkylation sites (tertiary alicyclic amines) is 1. The first-order chi connectivity index (χ1) is 18.2. The maximum atomic E-state index is 14.3. The molecule has 0 spiro atoms. The number of hydrogen-bond acceptors (Lipinski definition) is 8. The van der Waals surface area contributed by atoms with Crippen LogP contribution >= 0.6 is 0 Å². The molecule has 1 aliphatic heterocycles. The Labute approximate surface area is 225 Å². The topological polar surface area (TPSA) is 145 Å². The van der Waals surface area contributed by atoms with Gasteiger partial charge >= 0.3 is 6.09 Å². The third-order valence-corrected chi connectivity index (χ3v) is 6.14. The number of aromatic nitrogens is 3. The van der Waals surface area contributed by atoms with Gasteiger partial charge in [0.2, 0.25) is 0 Å². The second-order valence-corrected chi connectivity index (χ2v) is 11.1. The molecule has 0 aromatic carbocycles. The largest absolute Gasteiger partial charge is 0.444 e. The summed E-state index contributed by atoms with van der Waals surface area (Å²) in [4.78, 5) is 35.7. The second-order valence-electron chi connectivity index (χ2n) is 11.1. The van der Waals surface area contributed by atoms with Crippen LogP contribution < -0.4 is 10.6 Å². The second kappa shape index (κ2) is 10.5. The Bertz CT molecular complexity index is 1430. The van der Waals surface area contributed by atoms with E-state index in [2.05, 4.69) is 26.7 Å². The van der Waals surface area contributed by atoms with Gasteiger partial charge in [-0.15, -0.1) is 0 Å². The fraction of sp³-hybridized carbons (Fsp3) is 0.444. The summed E-state index contributed by atoms with van der Waals surface area (Å²) in [5, 5.41) is 25.6. The number of fused-ring (bicyclic) bond motifs is 1. The summed E-state index contributed by atoms with van der Waals surface area (Å²) >= 11 is 0. The van der Waals surface area contributed by atoms with Crippen LogP contribution in [-0.2, 0) is 4.74 Å². The van der Waals surface area contributed by atoms with Gasteiger partial charge in [0.05, 0.1) is 35.0 Å². The number of rotatable bonds is 7. The Hall–Kier alpha value is -4.24. The number of halogens is 1. The minimum absolute atomic E-state index is 0.165. The van der Waals surface area contributed by atoms with Gasteiger partial charge in [0.15, 0.2) is 0 Å². The minimum Gasteiger partial charge on any atom is -0.444 e. The lowest BCUT2D eigenvalue weighted by Gasteiger charge is -2.40. The van der Waals surface area contributed by atoms with Gasteiger partial charge in [-0.2, -0.15) is 5.26 Å². The van der Waals surface area contributed by atoms with Crippen molar-refractivity contribution in [3.63, 3.8) is 0 Å². The molecule has 0 aliphatic carbocycles. The van der Waals surface area contributed by atoms with Crippen molar-refractivity contribution in [2.75, 3.05) is 25.0 Å². The van der Waals surface area contributed by atoms with E-state index in [1.54, 1.807) is 54.6 Å². The van der Waals surface area contributed by atoms with Crippen LogP contribution in [0.3, 0.4) is 0 Å². The zero-order valence-corrected chi connectivity index (χ0v) is 22.5. The van der Waals surface area contributed by atoms with Gasteiger partial charge < -0.3 is 25.4 Å². The smallest absolute Gasteiger partial charge is 0.410 e. The van der Waals surface area contributed by atoms with Gasteiger partial charge in [-0.05, 0) is 46.8 Å². The Balaban J connectivity index is 1.59. The van der Waals surface area contributed by atoms with Crippen LogP contribution in [0.1, 0.15) is 50.5 Å². The van der Waals surface area contributed by atoms with E-state index >= 15 is 0 Å². The molecule has 3 aromatic rings. The highest BCUT2D eigenvalue weighted by Gasteiger charge is 2.34. The number of ether oxygens (including phenoxy) is 1. The number of nitrogens with one attached hydrogen (secondary N) is 2. The zero-order valence-electron chi connectivity index (χ0n) is 22.5. The Morgan fingerprint density at radius 2 is 1.95 bits per heavy atom. The normalized spacial score (nSPS) is 14.9. The number of pyridine rings is 2. The van der Waals surface area contributed by atoms with Gasteiger partial charge in [-0.3, -0.25) is 9.36 Å². The summed E-state index contributed by atoms with van der Waals surface area (Å²) in [6.07, 6.45) is 2.51. The summed E-state index contributed by atoms with van der Waals surface area (Å²) in [6, 6.07) is 7.10. The fourth-order valence-electron chi connectivity index (χ4n) is 3.94. The van der Waals surface area contributed by atoms with E-state index in [1.807, 2.05) is 0 Å². The Kier molecular flexibility index (Phi) is 7.48. The zero-order chi connectivity index (χ0) is 28.5. The van der Waals surface area contributed by atoms with Crippen molar-refractivity contribution in [2.24, 2.45) is 0 Å². The lowest BCUT2D eigenvalue weighted by atomic mass is 10.0. The maximum Gasteiger partial charge on any atom is 0.410 e. The number of anilines is 1. The quantitative estimate of drug-likeness (QED) is 0.417. The lowest BCUT2D eigenvalue weighted by Crippen LogP contribution is -2.58. The van der Waals surface area contributed by atoms with Crippen LogP contribution in [0.15, 0.2) is 36.8 Å². The van der Waals surface area contributed by atoms with Gasteiger partial charge in [0, 0.05) is 43.1 Å². The lowest BCUT2D eigenvalue weighted by molar-refractivity contribution is -0.00181. The number of aliphatic hydroxyl groups is 1. The molecule has 3 N–H and O–H groups in total. The van der Waals surface area contributed by atoms with Gasteiger partial charge in [0.1, 0.15) is 29.3 Å². The van der Waals surface area contributed by atoms with Gasteiger partial charge in [0.25, 0.3) is 5.91 Å². The van der Waals surface area contributed by atoms with Crippen LogP contribution in [0.5, 0.6) is 0 Å². The molecule has 206 valence electrons. The number of nitriles is 1. The number of alkyl halides is 1. The summed E-state index contributed by atoms with van der Waals surface area (Å²) in [5.74, 6) is -0.106. The summed E-state index contributed by atoms with van der Waals surface area (Å²) in [7, 11) is 0. The van der Waals surface area contributed by atoms with E-state index in [4.69, 9.17) is 10.00 Å². The first kappa shape index (κ1) is 27.8. The molecule has 1 saturated heterocycles. The van der Waals surface area contributed by atoms with Crippen molar-refractivity contribution in [2.45, 2.75) is 58.0 Å². The maximum absolute atomic E-state index is 14.3. The molecule has 2 amide bonds. The first-order valence-corrected chi connectivity index (χ1v) is 12.5. The van der Waals surface area contributed by atoms with E-state index < -0.39 is 29.4 Å². The van der Waals surface area contributed by atoms with E-state index in [9.17, 15) is 19.1 Å². The fourth-order valence-corrected chi connectivity index (χ4v) is 3.94. The third kappa shape index (κ3) is 6.43. The van der Waals surface area contributed by atoms with Crippen LogP contribution in [0.25, 0.3) is 16.9 Å². The predicted molar refractivity (Wildman–Crippen MR) is 142 cm³/mol. The molecule has 1 atom stereocenters. The molecule has 0 radical (unpaired) electrons. The van der Waals surface area contributed by atoms with Crippen molar-refractivity contribution in [3.05, 3.63) is 47.9 Å². The minimum atomic E-state index is -1.67. The first-order valence-electron chi connectivity index (χ1n) is 12.5. The van der Waals surface area contributed by atoms with Crippen molar-refractivity contribution in [1.82, 2.24) is 24.8 Å². The third-order valence-electron chi connectivity index (χ3n) is 6.14. The molecule has 3 aromatic heterocycles. The van der Waals surface area contributed by atoms with Gasteiger partial charge in [-0.25, -0.2) is 19.2 Å². The summed E-state index contributed by atoms with van der Waals surface area (Å²) in [6.45, 7) is 8.39. The molecule has 11 nitrogen and oxygen atoms in total. The molecule has 0 bridgehead atoms. The van der Waals surface area contributed by atoms with Crippen molar-refractivity contribution in [3.8, 4) is 11.9 Å². The number of nitrogens with zero attached hydrogens (tertiary/aromatic N) is 5. The van der Waals surface area contributed by atoms with E-state index in [0.29, 0.717) is 35.8 Å². The van der Waals surface area contributed by atoms with E-state index in [1.165, 1.54) is 26.2 Å². The SMILES string of the molecule is CC(C)(C)OC(=O)N1CC(Nc2cc(-n3ccc4cc(C#N)cnc43)ncc2C(=O)NCC(F)C(C)(C)O)C1. The average Bonchev–Trinajstić information content (AvgIpc) is 3.25. The van der Waals surface area contributed by atoms with Crippen molar-refractivity contribution in [1.29, 1.82) is 5.26 Å². The number of amides is 2. The molecule has 39 heavy (non-hydrogen) atoms. The molecule has 1 aliphatic rings. The monoisotopic (exact) mass is 537 g/mol. The average molecular weight is 538 g/mol. The molecule has 0 saturated carbocycles. The van der Waals surface area contributed by atoms with Crippen LogP contribution in [0.4, 0.5) is 14.9 Å². The Morgan fingerprint density at radius 3 is 2.59 bits per heavy atom. The highest BCUT2D eigenvalue weighted by molar-refractivity contribution is 5.99. The standard InChI is InChI=1S/C27H32FN7O4/c1-26(2,3)39-25(37)34-14-18(15-34)33-20-9-22(35-7-6-17-8-16(10-29)11-31-23(17)35)30-12-19(20)24(36)32-13-21(28)27(4,5)38/h6-9,11-12,18,21,38H,13-15H2,1-5H3,(H,30,33)(H,32,36). The van der Waals surface area contributed by atoms with Crippen molar-refractivity contribution < 1.29 is 23.8 Å². The highest BCUT2D eigenvalue weighted by atomic mass is 19.1. The molecular weight excluding hydrogens is 505 g/mol. The molecule has 1 fully saturated rings. The van der Waals surface area contributed by atoms with Crippen LogP contribution in [0, 0.1) is 11.3 Å². The van der Waals surface area contributed by atoms with E-state index in [-0.39, 0.29) is 18.2 Å². The van der Waals surface area contributed by atoms with E-state index in [0.717, 1.165) is 5.39 Å². The number of carbonyl (C=O) groups excluding carboxylic acids is 2. The predicted octanol–water partition coefficient (Wildman–Crippen LogP) is 3.16. The van der Waals surface area contributed by atoms with Crippen LogP contribution in [0.2, 0.25) is 0 Å². The summed E-state index contributed by atoms with van der Waals surface area (Å²) in [5.41, 5.74) is -0.607. The molecular formula is C27H32FN7O4. The van der Waals surface area contributed by atoms with Gasteiger partial charge in [-0.1, -0.05) is 0 Å². The van der Waals surface area contributed by atoms with Crippen LogP contribution in [-0.4, -0.2) is 79.6 Å².